The van der Waals surface area contributed by atoms with Crippen LogP contribution in [0.15, 0.2) is 64.0 Å². The lowest BCUT2D eigenvalue weighted by Gasteiger charge is -2.10. The molecule has 0 saturated heterocycles. The van der Waals surface area contributed by atoms with E-state index >= 15 is 0 Å². The van der Waals surface area contributed by atoms with E-state index in [4.69, 9.17) is 26.1 Å². The van der Waals surface area contributed by atoms with Gasteiger partial charge in [0.05, 0.1) is 0 Å². The average Bonchev–Trinajstić information content (AvgIpc) is 2.76. The predicted molar refractivity (Wildman–Crippen MR) is 117 cm³/mol. The highest BCUT2D eigenvalue weighted by Crippen LogP contribution is 2.14. The Morgan fingerprint density at radius 3 is 2.23 bits per heavy atom. The molecule has 0 bridgehead atoms. The van der Waals surface area contributed by atoms with E-state index in [-0.39, 0.29) is 18.2 Å². The molecule has 0 heterocycles. The van der Waals surface area contributed by atoms with Crippen molar-refractivity contribution >= 4 is 34.6 Å². The molecule has 0 saturated carbocycles. The predicted octanol–water partition coefficient (Wildman–Crippen LogP) is 3.38. The highest BCUT2D eigenvalue weighted by molar-refractivity contribution is 6.47. The Kier molecular flexibility index (Phi) is 8.83. The van der Waals surface area contributed by atoms with Gasteiger partial charge < -0.3 is 19.8 Å². The van der Waals surface area contributed by atoms with Crippen LogP contribution in [0.25, 0.3) is 0 Å². The molecule has 0 atom stereocenters. The Morgan fingerprint density at radius 2 is 1.60 bits per heavy atom. The van der Waals surface area contributed by atoms with Gasteiger partial charge in [0.25, 0.3) is 5.91 Å². The van der Waals surface area contributed by atoms with Crippen molar-refractivity contribution in [3.63, 3.8) is 0 Å². The summed E-state index contributed by atoms with van der Waals surface area (Å²) in [5, 5.41) is 15.2. The minimum atomic E-state index is -0.374. The normalized spacial score (nSPS) is 12.4. The molecule has 0 spiro atoms. The summed E-state index contributed by atoms with van der Waals surface area (Å²) >= 11 is 5.95. The van der Waals surface area contributed by atoms with Gasteiger partial charge in [-0.2, -0.15) is 0 Å². The van der Waals surface area contributed by atoms with Crippen molar-refractivity contribution in [2.24, 2.45) is 15.5 Å². The molecule has 1 amide bonds. The molecular formula is C21H23ClN4O4. The zero-order valence-corrected chi connectivity index (χ0v) is 17.9. The fourth-order valence-corrected chi connectivity index (χ4v) is 2.69. The van der Waals surface area contributed by atoms with Crippen molar-refractivity contribution in [1.29, 1.82) is 0 Å². The first-order valence-electron chi connectivity index (χ1n) is 8.97. The molecule has 2 aromatic rings. The van der Waals surface area contributed by atoms with Crippen molar-refractivity contribution in [3.8, 4) is 0 Å². The maximum Gasteiger partial charge on any atom is 0.273 e. The summed E-state index contributed by atoms with van der Waals surface area (Å²) in [7, 11) is 4.35. The molecule has 30 heavy (non-hydrogen) atoms. The van der Waals surface area contributed by atoms with Gasteiger partial charge in [0.1, 0.15) is 32.2 Å². The highest BCUT2D eigenvalue weighted by atomic mass is 35.5. The third-order valence-corrected chi connectivity index (χ3v) is 4.21. The molecule has 9 heteroatoms. The van der Waals surface area contributed by atoms with Crippen LogP contribution in [-0.4, -0.2) is 44.3 Å². The zero-order chi connectivity index (χ0) is 21.9. The minimum Gasteiger partial charge on any atom is -0.399 e. The van der Waals surface area contributed by atoms with Gasteiger partial charge in [0.2, 0.25) is 0 Å². The Hall–Kier alpha value is -3.39. The number of nitrogens with one attached hydrogen (secondary N) is 1. The molecule has 0 radical (unpaired) electrons. The SMILES string of the molecule is CNC(=O)/C(=N\OC)c1ccccc1CO/N=C(C)/C(=N/OC)c1ccc(Cl)cc1. The van der Waals surface area contributed by atoms with Gasteiger partial charge in [0.15, 0.2) is 5.71 Å². The van der Waals surface area contributed by atoms with E-state index in [1.54, 1.807) is 31.2 Å². The summed E-state index contributed by atoms with van der Waals surface area (Å²) in [6, 6.07) is 14.3. The van der Waals surface area contributed by atoms with Gasteiger partial charge >= 0.3 is 0 Å². The lowest BCUT2D eigenvalue weighted by molar-refractivity contribution is -0.114. The monoisotopic (exact) mass is 430 g/mol. The number of nitrogens with zero attached hydrogens (tertiary/aromatic N) is 3. The van der Waals surface area contributed by atoms with Crippen molar-refractivity contribution < 1.29 is 19.3 Å². The van der Waals surface area contributed by atoms with E-state index in [1.807, 2.05) is 24.3 Å². The van der Waals surface area contributed by atoms with Crippen LogP contribution >= 0.6 is 11.6 Å². The van der Waals surface area contributed by atoms with E-state index in [9.17, 15) is 4.79 Å². The number of carbonyl (C=O) groups excluding carboxylic acids is 1. The molecule has 0 aliphatic heterocycles. The van der Waals surface area contributed by atoms with Crippen molar-refractivity contribution in [2.45, 2.75) is 13.5 Å². The van der Waals surface area contributed by atoms with E-state index in [1.165, 1.54) is 21.3 Å². The Labute approximate surface area is 180 Å². The molecular weight excluding hydrogens is 408 g/mol. The van der Waals surface area contributed by atoms with Crippen molar-refractivity contribution in [3.05, 3.63) is 70.2 Å². The number of rotatable bonds is 9. The van der Waals surface area contributed by atoms with Crippen LogP contribution in [0.3, 0.4) is 0 Å². The number of oxime groups is 3. The second-order valence-corrected chi connectivity index (χ2v) is 6.37. The number of hydrogen-bond acceptors (Lipinski definition) is 7. The molecule has 2 rings (SSSR count). The van der Waals surface area contributed by atoms with Gasteiger partial charge in [-0.25, -0.2) is 0 Å². The van der Waals surface area contributed by atoms with Crippen LogP contribution in [0.5, 0.6) is 0 Å². The first-order chi connectivity index (χ1) is 14.5. The summed E-state index contributed by atoms with van der Waals surface area (Å²) in [5.41, 5.74) is 3.23. The average molecular weight is 431 g/mol. The molecule has 0 aliphatic carbocycles. The highest BCUT2D eigenvalue weighted by Gasteiger charge is 2.17. The van der Waals surface area contributed by atoms with Gasteiger partial charge in [0, 0.05) is 28.8 Å². The molecule has 1 N–H and O–H groups in total. The number of halogens is 1. The van der Waals surface area contributed by atoms with Gasteiger partial charge in [-0.3, -0.25) is 4.79 Å². The third-order valence-electron chi connectivity index (χ3n) is 3.96. The Morgan fingerprint density at radius 1 is 0.967 bits per heavy atom. The van der Waals surface area contributed by atoms with Crippen molar-refractivity contribution in [2.75, 3.05) is 21.3 Å². The number of benzene rings is 2. The molecule has 0 aliphatic rings. The van der Waals surface area contributed by atoms with Crippen LogP contribution in [0.4, 0.5) is 0 Å². The number of likely N-dealkylation sites (N-methyl/N-ethyl adjacent to an activating group) is 1. The molecule has 2 aromatic carbocycles. The summed E-state index contributed by atoms with van der Waals surface area (Å²) in [4.78, 5) is 27.4. The number of carbonyl (C=O) groups is 1. The fourth-order valence-electron chi connectivity index (χ4n) is 2.57. The third kappa shape index (κ3) is 6.05. The van der Waals surface area contributed by atoms with Gasteiger partial charge in [-0.1, -0.05) is 63.5 Å². The first kappa shape index (κ1) is 22.9. The molecule has 8 nitrogen and oxygen atoms in total. The maximum absolute atomic E-state index is 12.1. The Balaban J connectivity index is 2.23. The quantitative estimate of drug-likeness (QED) is 0.487. The van der Waals surface area contributed by atoms with Crippen LogP contribution in [0.1, 0.15) is 23.6 Å². The van der Waals surface area contributed by atoms with E-state index in [0.29, 0.717) is 27.6 Å². The van der Waals surface area contributed by atoms with Crippen LogP contribution in [0, 0.1) is 0 Å². The summed E-state index contributed by atoms with van der Waals surface area (Å²) in [6.07, 6.45) is 0. The summed E-state index contributed by atoms with van der Waals surface area (Å²) in [6.45, 7) is 1.86. The molecule has 0 fully saturated rings. The van der Waals surface area contributed by atoms with Crippen LogP contribution < -0.4 is 5.32 Å². The fraction of sp³-hybridized carbons (Fsp3) is 0.238. The number of hydrogen-bond donors (Lipinski definition) is 1. The van der Waals surface area contributed by atoms with Gasteiger partial charge in [-0.15, -0.1) is 0 Å². The zero-order valence-electron chi connectivity index (χ0n) is 17.2. The second kappa shape index (κ2) is 11.6. The lowest BCUT2D eigenvalue weighted by Crippen LogP contribution is -2.29. The van der Waals surface area contributed by atoms with Gasteiger partial charge in [-0.05, 0) is 19.1 Å². The topological polar surface area (TPSA) is 93.9 Å². The summed E-state index contributed by atoms with van der Waals surface area (Å²) < 4.78 is 0. The minimum absolute atomic E-state index is 0.105. The summed E-state index contributed by atoms with van der Waals surface area (Å²) in [5.74, 6) is -0.374. The molecule has 158 valence electrons. The van der Waals surface area contributed by atoms with E-state index in [2.05, 4.69) is 20.8 Å². The van der Waals surface area contributed by atoms with Crippen LogP contribution in [0.2, 0.25) is 5.02 Å². The van der Waals surface area contributed by atoms with E-state index in [0.717, 1.165) is 5.56 Å². The largest absolute Gasteiger partial charge is 0.399 e. The standard InChI is InChI=1S/C21H23ClN4O4/c1-14(19(25-28-3)15-9-11-17(22)12-10-15)24-30-13-16-7-5-6-8-18(16)20(26-29-4)21(27)23-2/h5-12H,13H2,1-4H3,(H,23,27)/b24-14+,25-19-,26-20-. The lowest BCUT2D eigenvalue weighted by atomic mass is 10.0. The van der Waals surface area contributed by atoms with Crippen LogP contribution in [-0.2, 0) is 25.9 Å². The first-order valence-corrected chi connectivity index (χ1v) is 9.35. The molecule has 0 unspecified atom stereocenters. The molecule has 0 aromatic heterocycles. The second-order valence-electron chi connectivity index (χ2n) is 5.94. The Bertz CT molecular complexity index is 956. The number of amides is 1. The van der Waals surface area contributed by atoms with E-state index < -0.39 is 0 Å². The van der Waals surface area contributed by atoms with Crippen molar-refractivity contribution in [1.82, 2.24) is 5.32 Å². The smallest absolute Gasteiger partial charge is 0.273 e. The maximum atomic E-state index is 12.1.